The topological polar surface area (TPSA) is 46.6 Å². The van der Waals surface area contributed by atoms with E-state index in [0.717, 1.165) is 18.4 Å². The standard InChI is InChI=1S/C18H22ClNO3/c1-17(2,3)23-16(22)20-9-7-18(8-10-20)11-14(21)15-12(18)5-4-6-13(15)19/h4-6H,7-11H2,1-3H3. The maximum atomic E-state index is 12.4. The van der Waals surface area contributed by atoms with Crippen LogP contribution in [0.1, 0.15) is 56.0 Å². The van der Waals surface area contributed by atoms with Crippen LogP contribution in [0.3, 0.4) is 0 Å². The Balaban J connectivity index is 1.77. The van der Waals surface area contributed by atoms with Crippen molar-refractivity contribution in [3.05, 3.63) is 34.3 Å². The number of piperidine rings is 1. The first-order chi connectivity index (χ1) is 10.7. The maximum absolute atomic E-state index is 12.4. The van der Waals surface area contributed by atoms with Crippen LogP contribution in [0.25, 0.3) is 0 Å². The van der Waals surface area contributed by atoms with Crippen molar-refractivity contribution in [2.45, 2.75) is 51.0 Å². The highest BCUT2D eigenvalue weighted by molar-refractivity contribution is 6.34. The Morgan fingerprint density at radius 1 is 1.26 bits per heavy atom. The molecule has 1 fully saturated rings. The van der Waals surface area contributed by atoms with Crippen LogP contribution in [-0.4, -0.2) is 35.5 Å². The number of halogens is 1. The number of ketones is 1. The molecule has 1 aliphatic heterocycles. The van der Waals surface area contributed by atoms with Crippen LogP contribution in [-0.2, 0) is 10.2 Å². The molecule has 2 aliphatic rings. The van der Waals surface area contributed by atoms with E-state index in [9.17, 15) is 9.59 Å². The van der Waals surface area contributed by atoms with Crippen molar-refractivity contribution in [3.63, 3.8) is 0 Å². The van der Waals surface area contributed by atoms with Gasteiger partial charge in [0.2, 0.25) is 0 Å². The molecule has 0 unspecified atom stereocenters. The van der Waals surface area contributed by atoms with Crippen LogP contribution in [0.2, 0.25) is 5.02 Å². The van der Waals surface area contributed by atoms with Crippen molar-refractivity contribution in [1.29, 1.82) is 0 Å². The van der Waals surface area contributed by atoms with E-state index in [1.165, 1.54) is 0 Å². The van der Waals surface area contributed by atoms with Gasteiger partial charge in [0.05, 0.1) is 5.02 Å². The minimum absolute atomic E-state index is 0.122. The molecule has 1 heterocycles. The van der Waals surface area contributed by atoms with Gasteiger partial charge >= 0.3 is 6.09 Å². The summed E-state index contributed by atoms with van der Waals surface area (Å²) in [7, 11) is 0. The van der Waals surface area contributed by atoms with Crippen molar-refractivity contribution in [3.8, 4) is 0 Å². The maximum Gasteiger partial charge on any atom is 0.410 e. The minimum atomic E-state index is -0.490. The van der Waals surface area contributed by atoms with Gasteiger partial charge in [-0.05, 0) is 45.2 Å². The van der Waals surface area contributed by atoms with Crippen molar-refractivity contribution < 1.29 is 14.3 Å². The number of benzene rings is 1. The summed E-state index contributed by atoms with van der Waals surface area (Å²) in [6, 6.07) is 5.68. The molecule has 1 aromatic carbocycles. The van der Waals surface area contributed by atoms with Crippen LogP contribution < -0.4 is 0 Å². The first-order valence-electron chi connectivity index (χ1n) is 8.02. The number of carbonyl (C=O) groups excluding carboxylic acids is 2. The van der Waals surface area contributed by atoms with Crippen LogP contribution in [0.5, 0.6) is 0 Å². The summed E-state index contributed by atoms with van der Waals surface area (Å²) in [6.45, 7) is 6.81. The number of hydrogen-bond donors (Lipinski definition) is 0. The molecule has 0 N–H and O–H groups in total. The van der Waals surface area contributed by atoms with E-state index < -0.39 is 5.60 Å². The molecule has 1 aliphatic carbocycles. The zero-order valence-electron chi connectivity index (χ0n) is 13.8. The van der Waals surface area contributed by atoms with Crippen LogP contribution in [0, 0.1) is 0 Å². The molecule has 0 radical (unpaired) electrons. The van der Waals surface area contributed by atoms with Crippen LogP contribution >= 0.6 is 11.6 Å². The van der Waals surface area contributed by atoms with Crippen LogP contribution in [0.4, 0.5) is 4.79 Å². The molecule has 3 rings (SSSR count). The molecule has 1 amide bonds. The summed E-state index contributed by atoms with van der Waals surface area (Å²) in [4.78, 5) is 26.3. The molecule has 124 valence electrons. The highest BCUT2D eigenvalue weighted by atomic mass is 35.5. The third-order valence-electron chi connectivity index (χ3n) is 4.73. The Labute approximate surface area is 141 Å². The van der Waals surface area contributed by atoms with E-state index in [0.29, 0.717) is 30.1 Å². The number of hydrogen-bond acceptors (Lipinski definition) is 3. The van der Waals surface area contributed by atoms with Gasteiger partial charge in [0.15, 0.2) is 5.78 Å². The highest BCUT2D eigenvalue weighted by Crippen LogP contribution is 2.48. The van der Waals surface area contributed by atoms with Gasteiger partial charge in [0.1, 0.15) is 5.60 Å². The summed E-state index contributed by atoms with van der Waals surface area (Å²) in [5.41, 5.74) is 1.07. The summed E-state index contributed by atoms with van der Waals surface area (Å²) < 4.78 is 5.44. The Hall–Kier alpha value is -1.55. The average molecular weight is 336 g/mol. The number of nitrogens with zero attached hydrogens (tertiary/aromatic N) is 1. The number of ether oxygens (including phenoxy) is 1. The molecule has 0 atom stereocenters. The molecular weight excluding hydrogens is 314 g/mol. The average Bonchev–Trinajstić information content (AvgIpc) is 2.72. The molecule has 1 aromatic rings. The number of carbonyl (C=O) groups is 2. The molecular formula is C18H22ClNO3. The molecule has 1 saturated heterocycles. The summed E-state index contributed by atoms with van der Waals surface area (Å²) >= 11 is 6.21. The van der Waals surface area contributed by atoms with Crippen molar-refractivity contribution >= 4 is 23.5 Å². The number of amides is 1. The number of Topliss-reactive ketones (excluding diaryl/α,β-unsaturated/α-hetero) is 1. The fraction of sp³-hybridized carbons (Fsp3) is 0.556. The first kappa shape index (κ1) is 16.3. The van der Waals surface area contributed by atoms with E-state index in [2.05, 4.69) is 0 Å². The molecule has 0 saturated carbocycles. The lowest BCUT2D eigenvalue weighted by molar-refractivity contribution is 0.0166. The lowest BCUT2D eigenvalue weighted by Gasteiger charge is -2.40. The molecule has 5 heteroatoms. The van der Waals surface area contributed by atoms with Gasteiger partial charge < -0.3 is 9.64 Å². The highest BCUT2D eigenvalue weighted by Gasteiger charge is 2.46. The van der Waals surface area contributed by atoms with Gasteiger partial charge in [0, 0.05) is 30.5 Å². The van der Waals surface area contributed by atoms with Crippen molar-refractivity contribution in [1.82, 2.24) is 4.90 Å². The van der Waals surface area contributed by atoms with E-state index in [1.54, 1.807) is 11.0 Å². The zero-order valence-corrected chi connectivity index (χ0v) is 14.6. The lowest BCUT2D eigenvalue weighted by atomic mass is 9.74. The molecule has 0 aromatic heterocycles. The van der Waals surface area contributed by atoms with Gasteiger partial charge in [-0.3, -0.25) is 4.79 Å². The molecule has 1 spiro atoms. The summed E-state index contributed by atoms with van der Waals surface area (Å²) in [5.74, 6) is 0.122. The second-order valence-electron chi connectivity index (χ2n) is 7.51. The Kier molecular flexibility index (Phi) is 3.91. The largest absolute Gasteiger partial charge is 0.444 e. The SMILES string of the molecule is CC(C)(C)OC(=O)N1CCC2(CC1)CC(=O)c1c(Cl)cccc12. The van der Waals surface area contributed by atoms with Gasteiger partial charge in [-0.25, -0.2) is 4.79 Å². The Morgan fingerprint density at radius 3 is 2.52 bits per heavy atom. The minimum Gasteiger partial charge on any atom is -0.444 e. The predicted molar refractivity (Wildman–Crippen MR) is 89.1 cm³/mol. The van der Waals surface area contributed by atoms with E-state index >= 15 is 0 Å². The molecule has 23 heavy (non-hydrogen) atoms. The Bertz CT molecular complexity index is 655. The van der Waals surface area contributed by atoms with E-state index in [-0.39, 0.29) is 17.3 Å². The first-order valence-corrected chi connectivity index (χ1v) is 8.40. The van der Waals surface area contributed by atoms with Gasteiger partial charge in [0.25, 0.3) is 0 Å². The summed E-state index contributed by atoms with van der Waals surface area (Å²) in [5, 5.41) is 0.541. The van der Waals surface area contributed by atoms with Crippen molar-refractivity contribution in [2.24, 2.45) is 0 Å². The smallest absolute Gasteiger partial charge is 0.410 e. The van der Waals surface area contributed by atoms with Gasteiger partial charge in [-0.1, -0.05) is 23.7 Å². The Morgan fingerprint density at radius 2 is 1.91 bits per heavy atom. The third-order valence-corrected chi connectivity index (χ3v) is 5.05. The fourth-order valence-electron chi connectivity index (χ4n) is 3.63. The summed E-state index contributed by atoms with van der Waals surface area (Å²) in [6.07, 6.45) is 1.76. The number of fused-ring (bicyclic) bond motifs is 2. The van der Waals surface area contributed by atoms with Gasteiger partial charge in [-0.15, -0.1) is 0 Å². The lowest BCUT2D eigenvalue weighted by Crippen LogP contribution is -2.46. The molecule has 4 nitrogen and oxygen atoms in total. The number of rotatable bonds is 0. The zero-order chi connectivity index (χ0) is 16.8. The monoisotopic (exact) mass is 335 g/mol. The quantitative estimate of drug-likeness (QED) is 0.714. The normalized spacial score (nSPS) is 19.8. The predicted octanol–water partition coefficient (Wildman–Crippen LogP) is 4.20. The third kappa shape index (κ3) is 2.97. The second-order valence-corrected chi connectivity index (χ2v) is 7.92. The van der Waals surface area contributed by atoms with Gasteiger partial charge in [-0.2, -0.15) is 0 Å². The van der Waals surface area contributed by atoms with E-state index in [1.807, 2.05) is 32.9 Å². The van der Waals surface area contributed by atoms with E-state index in [4.69, 9.17) is 16.3 Å². The fourth-order valence-corrected chi connectivity index (χ4v) is 3.91. The second kappa shape index (κ2) is 5.52. The van der Waals surface area contributed by atoms with Crippen LogP contribution in [0.15, 0.2) is 18.2 Å². The number of likely N-dealkylation sites (tertiary alicyclic amines) is 1. The molecule has 0 bridgehead atoms. The van der Waals surface area contributed by atoms with Crippen molar-refractivity contribution in [2.75, 3.05) is 13.1 Å².